The number of aromatic nitrogens is 1. The first-order chi connectivity index (χ1) is 11.1. The quantitative estimate of drug-likeness (QED) is 0.697. The van der Waals surface area contributed by atoms with E-state index in [9.17, 15) is 4.79 Å². The molecule has 0 aliphatic carbocycles. The Labute approximate surface area is 145 Å². The lowest BCUT2D eigenvalue weighted by atomic mass is 10.3. The normalized spacial score (nSPS) is 12.2. The van der Waals surface area contributed by atoms with Gasteiger partial charge < -0.3 is 13.7 Å². The smallest absolute Gasteiger partial charge is 0.315 e. The number of benzene rings is 1. The maximum absolute atomic E-state index is 12.2. The Morgan fingerprint density at radius 3 is 2.91 bits per heavy atom. The molecule has 1 amide bonds. The molecule has 120 valence electrons. The van der Waals surface area contributed by atoms with Crippen LogP contribution < -0.4 is 4.80 Å². The van der Waals surface area contributed by atoms with Crippen molar-refractivity contribution in [2.24, 2.45) is 4.99 Å². The number of nitrogens with zero attached hydrogens (tertiary/aromatic N) is 2. The molecule has 0 unspecified atom stereocenters. The van der Waals surface area contributed by atoms with Crippen LogP contribution in [0.3, 0.4) is 0 Å². The molecule has 0 N–H and O–H groups in total. The van der Waals surface area contributed by atoms with Crippen molar-refractivity contribution < 1.29 is 13.9 Å². The van der Waals surface area contributed by atoms with Crippen molar-refractivity contribution in [3.05, 3.63) is 51.1 Å². The standard InChI is InChI=1S/C15H12Cl2N2O3S/c1-21-8-6-19-13-11(5-4-9(16)12(13)17)23-15(19)18-14(20)10-3-2-7-22-10/h2-5,7H,6,8H2,1H3. The fourth-order valence-electron chi connectivity index (χ4n) is 2.12. The van der Waals surface area contributed by atoms with E-state index < -0.39 is 5.91 Å². The summed E-state index contributed by atoms with van der Waals surface area (Å²) in [5.74, 6) is -0.264. The Morgan fingerprint density at radius 2 is 2.22 bits per heavy atom. The number of carbonyl (C=O) groups excluding carboxylic acids is 1. The van der Waals surface area contributed by atoms with Crippen LogP contribution >= 0.6 is 34.5 Å². The Morgan fingerprint density at radius 1 is 1.39 bits per heavy atom. The molecule has 0 radical (unpaired) electrons. The number of furan rings is 1. The van der Waals surface area contributed by atoms with Crippen molar-refractivity contribution in [3.8, 4) is 0 Å². The van der Waals surface area contributed by atoms with Gasteiger partial charge in [0.2, 0.25) is 0 Å². The van der Waals surface area contributed by atoms with E-state index in [0.29, 0.717) is 28.0 Å². The highest BCUT2D eigenvalue weighted by molar-refractivity contribution is 7.16. The Kier molecular flexibility index (Phi) is 4.87. The fourth-order valence-corrected chi connectivity index (χ4v) is 3.66. The minimum absolute atomic E-state index is 0.185. The Hall–Kier alpha value is -1.60. The molecule has 0 bridgehead atoms. The molecule has 0 saturated heterocycles. The molecule has 0 atom stereocenters. The van der Waals surface area contributed by atoms with Gasteiger partial charge in [0, 0.05) is 13.7 Å². The molecular formula is C15H12Cl2N2O3S. The number of hydrogen-bond acceptors (Lipinski definition) is 4. The summed E-state index contributed by atoms with van der Waals surface area (Å²) < 4.78 is 12.9. The maximum Gasteiger partial charge on any atom is 0.315 e. The van der Waals surface area contributed by atoms with Crippen molar-refractivity contribution in [2.45, 2.75) is 6.54 Å². The van der Waals surface area contributed by atoms with Crippen molar-refractivity contribution >= 4 is 50.7 Å². The molecule has 23 heavy (non-hydrogen) atoms. The lowest BCUT2D eigenvalue weighted by Gasteiger charge is -2.06. The lowest BCUT2D eigenvalue weighted by molar-refractivity contribution is 0.0971. The number of carbonyl (C=O) groups is 1. The second-order valence-corrected chi connectivity index (χ2v) is 6.43. The summed E-state index contributed by atoms with van der Waals surface area (Å²) >= 11 is 13.8. The van der Waals surface area contributed by atoms with Gasteiger partial charge in [-0.1, -0.05) is 34.5 Å². The zero-order chi connectivity index (χ0) is 16.4. The zero-order valence-corrected chi connectivity index (χ0v) is 14.4. The van der Waals surface area contributed by atoms with Crippen LogP contribution in [0.4, 0.5) is 0 Å². The van der Waals surface area contributed by atoms with Gasteiger partial charge in [0.15, 0.2) is 10.6 Å². The molecule has 2 heterocycles. The maximum atomic E-state index is 12.2. The third-order valence-electron chi connectivity index (χ3n) is 3.18. The first-order valence-corrected chi connectivity index (χ1v) is 8.28. The summed E-state index contributed by atoms with van der Waals surface area (Å²) in [4.78, 5) is 16.8. The minimum Gasteiger partial charge on any atom is -0.459 e. The van der Waals surface area contributed by atoms with E-state index >= 15 is 0 Å². The number of ether oxygens (including phenoxy) is 1. The second kappa shape index (κ2) is 6.88. The summed E-state index contributed by atoms with van der Waals surface area (Å²) in [7, 11) is 1.61. The Bertz CT molecular complexity index is 913. The number of amides is 1. The van der Waals surface area contributed by atoms with Crippen molar-refractivity contribution in [2.75, 3.05) is 13.7 Å². The monoisotopic (exact) mass is 370 g/mol. The van der Waals surface area contributed by atoms with Gasteiger partial charge in [-0.2, -0.15) is 4.99 Å². The van der Waals surface area contributed by atoms with Crippen LogP contribution in [0.5, 0.6) is 0 Å². The average Bonchev–Trinajstić information content (AvgIpc) is 3.17. The topological polar surface area (TPSA) is 56.7 Å². The largest absolute Gasteiger partial charge is 0.459 e. The van der Waals surface area contributed by atoms with Crippen molar-refractivity contribution in [3.63, 3.8) is 0 Å². The molecule has 5 nitrogen and oxygen atoms in total. The lowest BCUT2D eigenvalue weighted by Crippen LogP contribution is -2.19. The molecule has 0 spiro atoms. The summed E-state index contributed by atoms with van der Waals surface area (Å²) in [6.07, 6.45) is 1.43. The SMILES string of the molecule is COCCn1c(=NC(=O)c2ccco2)sc2ccc(Cl)c(Cl)c21. The molecule has 0 saturated carbocycles. The van der Waals surface area contributed by atoms with E-state index in [-0.39, 0.29) is 5.76 Å². The predicted octanol–water partition coefficient (Wildman–Crippen LogP) is 3.99. The van der Waals surface area contributed by atoms with Gasteiger partial charge in [-0.25, -0.2) is 0 Å². The number of rotatable bonds is 4. The summed E-state index contributed by atoms with van der Waals surface area (Å²) in [5, 5.41) is 0.885. The van der Waals surface area contributed by atoms with Gasteiger partial charge in [0.25, 0.3) is 0 Å². The highest BCUT2D eigenvalue weighted by Crippen LogP contribution is 2.32. The average molecular weight is 371 g/mol. The van der Waals surface area contributed by atoms with E-state index in [1.807, 2.05) is 10.6 Å². The molecule has 3 aromatic rings. The number of halogens is 2. The van der Waals surface area contributed by atoms with Crippen LogP contribution in [-0.4, -0.2) is 24.2 Å². The summed E-state index contributed by atoms with van der Waals surface area (Å²) in [6.45, 7) is 0.956. The van der Waals surface area contributed by atoms with E-state index in [2.05, 4.69) is 4.99 Å². The zero-order valence-electron chi connectivity index (χ0n) is 12.1. The summed E-state index contributed by atoms with van der Waals surface area (Å²) in [5.41, 5.74) is 0.743. The summed E-state index contributed by atoms with van der Waals surface area (Å²) in [6, 6.07) is 6.79. The van der Waals surface area contributed by atoms with Gasteiger partial charge in [-0.15, -0.1) is 0 Å². The van der Waals surface area contributed by atoms with Crippen LogP contribution in [0, 0.1) is 0 Å². The van der Waals surface area contributed by atoms with Gasteiger partial charge in [0.1, 0.15) is 0 Å². The Balaban J connectivity index is 2.19. The van der Waals surface area contributed by atoms with Gasteiger partial charge >= 0.3 is 5.91 Å². The molecule has 2 aromatic heterocycles. The van der Waals surface area contributed by atoms with Crippen LogP contribution in [0.2, 0.25) is 10.0 Å². The van der Waals surface area contributed by atoms with Gasteiger partial charge in [0.05, 0.1) is 33.1 Å². The van der Waals surface area contributed by atoms with Crippen LogP contribution in [-0.2, 0) is 11.3 Å². The van der Waals surface area contributed by atoms with E-state index in [4.69, 9.17) is 32.4 Å². The van der Waals surface area contributed by atoms with Gasteiger partial charge in [-0.05, 0) is 24.3 Å². The van der Waals surface area contributed by atoms with Crippen molar-refractivity contribution in [1.82, 2.24) is 4.57 Å². The number of hydrogen-bond donors (Lipinski definition) is 0. The molecule has 3 rings (SSSR count). The third kappa shape index (κ3) is 3.21. The van der Waals surface area contributed by atoms with E-state index in [0.717, 1.165) is 10.2 Å². The molecular weight excluding hydrogens is 359 g/mol. The van der Waals surface area contributed by atoms with Crippen molar-refractivity contribution in [1.29, 1.82) is 0 Å². The van der Waals surface area contributed by atoms with Crippen LogP contribution in [0.1, 0.15) is 10.6 Å². The van der Waals surface area contributed by atoms with Crippen LogP contribution in [0.25, 0.3) is 10.2 Å². The highest BCUT2D eigenvalue weighted by Gasteiger charge is 2.14. The second-order valence-electron chi connectivity index (χ2n) is 4.63. The van der Waals surface area contributed by atoms with E-state index in [1.165, 1.54) is 17.6 Å². The molecule has 8 heteroatoms. The molecule has 0 aliphatic heterocycles. The molecule has 0 aliphatic rings. The first kappa shape index (κ1) is 16.3. The van der Waals surface area contributed by atoms with E-state index in [1.54, 1.807) is 25.3 Å². The number of thiazole rings is 1. The molecule has 1 aromatic carbocycles. The molecule has 0 fully saturated rings. The third-order valence-corrected chi connectivity index (χ3v) is 5.02. The fraction of sp³-hybridized carbons (Fsp3) is 0.200. The minimum atomic E-state index is -0.449. The van der Waals surface area contributed by atoms with Gasteiger partial charge in [-0.3, -0.25) is 4.79 Å². The first-order valence-electron chi connectivity index (χ1n) is 6.70. The highest BCUT2D eigenvalue weighted by atomic mass is 35.5. The predicted molar refractivity (Wildman–Crippen MR) is 90.3 cm³/mol. The van der Waals surface area contributed by atoms with Crippen LogP contribution in [0.15, 0.2) is 39.9 Å². The number of methoxy groups -OCH3 is 1. The number of fused-ring (bicyclic) bond motifs is 1.